The number of carbonyl (C=O) groups is 1. The Bertz CT molecular complexity index is 1250. The number of aryl methyl sites for hydroxylation is 1. The molecule has 1 fully saturated rings. The third-order valence-corrected chi connectivity index (χ3v) is 6.95. The van der Waals surface area contributed by atoms with Crippen molar-refractivity contribution in [1.29, 1.82) is 5.26 Å². The van der Waals surface area contributed by atoms with Crippen LogP contribution in [0.2, 0.25) is 0 Å². The maximum atomic E-state index is 13.1. The molecule has 10 nitrogen and oxygen atoms in total. The van der Waals surface area contributed by atoms with Gasteiger partial charge >= 0.3 is 5.69 Å². The van der Waals surface area contributed by atoms with Crippen molar-refractivity contribution in [2.45, 2.75) is 24.9 Å². The SMILES string of the molecule is CCn1cc(C#N)c(=O)n(CC(=O)N2CCN(S(=O)(=O)c3ccc(F)cc3)CC2)c1=O. The van der Waals surface area contributed by atoms with Crippen molar-refractivity contribution in [3.05, 3.63) is 62.7 Å². The average Bonchev–Trinajstić information content (AvgIpc) is 2.77. The molecule has 2 aromatic rings. The van der Waals surface area contributed by atoms with Gasteiger partial charge in [0.05, 0.1) is 4.90 Å². The second kappa shape index (κ2) is 8.83. The average molecular weight is 449 g/mol. The monoisotopic (exact) mass is 449 g/mol. The number of amides is 1. The van der Waals surface area contributed by atoms with E-state index in [0.29, 0.717) is 4.57 Å². The van der Waals surface area contributed by atoms with Crippen molar-refractivity contribution in [3.63, 3.8) is 0 Å². The number of piperazine rings is 1. The fourth-order valence-corrected chi connectivity index (χ4v) is 4.69. The number of hydrogen-bond acceptors (Lipinski definition) is 6. The molecule has 1 saturated heterocycles. The van der Waals surface area contributed by atoms with Crippen LogP contribution in [0.5, 0.6) is 0 Å². The number of nitriles is 1. The quantitative estimate of drug-likeness (QED) is 0.610. The van der Waals surface area contributed by atoms with E-state index in [4.69, 9.17) is 5.26 Å². The molecule has 1 aliphatic rings. The van der Waals surface area contributed by atoms with E-state index in [1.807, 2.05) is 0 Å². The molecule has 1 aromatic carbocycles. The summed E-state index contributed by atoms with van der Waals surface area (Å²) in [7, 11) is -3.83. The highest BCUT2D eigenvalue weighted by molar-refractivity contribution is 7.89. The summed E-state index contributed by atoms with van der Waals surface area (Å²) >= 11 is 0. The Morgan fingerprint density at radius 2 is 1.74 bits per heavy atom. The molecule has 0 aliphatic carbocycles. The number of aromatic nitrogens is 2. The van der Waals surface area contributed by atoms with E-state index in [0.717, 1.165) is 18.3 Å². The minimum Gasteiger partial charge on any atom is -0.338 e. The second-order valence-electron chi connectivity index (χ2n) is 6.85. The topological polar surface area (TPSA) is 125 Å². The molecule has 164 valence electrons. The first-order chi connectivity index (χ1) is 14.7. The van der Waals surface area contributed by atoms with E-state index >= 15 is 0 Å². The van der Waals surface area contributed by atoms with Gasteiger partial charge in [0.2, 0.25) is 15.9 Å². The Balaban J connectivity index is 1.73. The van der Waals surface area contributed by atoms with Gasteiger partial charge in [0.1, 0.15) is 24.0 Å². The third-order valence-electron chi connectivity index (χ3n) is 5.03. The highest BCUT2D eigenvalue weighted by Crippen LogP contribution is 2.18. The van der Waals surface area contributed by atoms with Crippen LogP contribution in [0.25, 0.3) is 0 Å². The molecule has 0 atom stereocenters. The van der Waals surface area contributed by atoms with Gasteiger partial charge in [-0.3, -0.25) is 14.2 Å². The van der Waals surface area contributed by atoms with E-state index in [9.17, 15) is 27.2 Å². The van der Waals surface area contributed by atoms with Crippen LogP contribution in [-0.4, -0.2) is 58.8 Å². The van der Waals surface area contributed by atoms with E-state index in [1.165, 1.54) is 25.9 Å². The fraction of sp³-hybridized carbons (Fsp3) is 0.368. The van der Waals surface area contributed by atoms with Gasteiger partial charge < -0.3 is 4.90 Å². The van der Waals surface area contributed by atoms with Gasteiger partial charge in [0.15, 0.2) is 0 Å². The number of benzene rings is 1. The molecule has 31 heavy (non-hydrogen) atoms. The molecule has 0 saturated carbocycles. The summed E-state index contributed by atoms with van der Waals surface area (Å²) in [4.78, 5) is 38.7. The summed E-state index contributed by atoms with van der Waals surface area (Å²) in [6, 6.07) is 6.19. The highest BCUT2D eigenvalue weighted by Gasteiger charge is 2.30. The van der Waals surface area contributed by atoms with Crippen LogP contribution in [0.15, 0.2) is 44.9 Å². The first-order valence-electron chi connectivity index (χ1n) is 9.47. The number of rotatable bonds is 5. The summed E-state index contributed by atoms with van der Waals surface area (Å²) in [5, 5.41) is 9.09. The van der Waals surface area contributed by atoms with Crippen molar-refractivity contribution in [3.8, 4) is 6.07 Å². The zero-order valence-corrected chi connectivity index (χ0v) is 17.5. The zero-order chi connectivity index (χ0) is 22.8. The highest BCUT2D eigenvalue weighted by atomic mass is 32.2. The van der Waals surface area contributed by atoms with Gasteiger partial charge in [0.25, 0.3) is 5.56 Å². The Labute approximate surface area is 177 Å². The molecule has 0 radical (unpaired) electrons. The lowest BCUT2D eigenvalue weighted by Gasteiger charge is -2.34. The van der Waals surface area contributed by atoms with Crippen LogP contribution in [0, 0.1) is 17.1 Å². The molecule has 12 heteroatoms. The minimum absolute atomic E-state index is 0.0117. The van der Waals surface area contributed by atoms with E-state index < -0.39 is 39.5 Å². The van der Waals surface area contributed by atoms with Gasteiger partial charge in [-0.1, -0.05) is 0 Å². The normalized spacial score (nSPS) is 14.9. The molecule has 2 heterocycles. The van der Waals surface area contributed by atoms with E-state index in [1.54, 1.807) is 13.0 Å². The number of halogens is 1. The van der Waals surface area contributed by atoms with Gasteiger partial charge in [0, 0.05) is 38.9 Å². The van der Waals surface area contributed by atoms with Crippen LogP contribution >= 0.6 is 0 Å². The summed E-state index contributed by atoms with van der Waals surface area (Å²) < 4.78 is 41.5. The fourth-order valence-electron chi connectivity index (χ4n) is 3.27. The van der Waals surface area contributed by atoms with Crippen LogP contribution in [-0.2, 0) is 27.9 Å². The first kappa shape index (κ1) is 22.4. The molecular weight excluding hydrogens is 429 g/mol. The smallest absolute Gasteiger partial charge is 0.331 e. The predicted molar refractivity (Wildman–Crippen MR) is 107 cm³/mol. The Kier molecular flexibility index (Phi) is 6.37. The standard InChI is InChI=1S/C19H20FN5O5S/c1-2-22-12-14(11-21)18(27)25(19(22)28)13-17(26)23-7-9-24(10-8-23)31(29,30)16-5-3-15(20)4-6-16/h3-6,12H,2,7-10,13H2,1H3. The number of hydrogen-bond donors (Lipinski definition) is 0. The van der Waals surface area contributed by atoms with Crippen molar-refractivity contribution in [1.82, 2.24) is 18.3 Å². The van der Waals surface area contributed by atoms with Gasteiger partial charge in [-0.05, 0) is 31.2 Å². The van der Waals surface area contributed by atoms with Gasteiger partial charge in [-0.15, -0.1) is 0 Å². The Morgan fingerprint density at radius 3 is 2.29 bits per heavy atom. The van der Waals surface area contributed by atoms with Crippen LogP contribution in [0.1, 0.15) is 12.5 Å². The Hall–Kier alpha value is -3.30. The van der Waals surface area contributed by atoms with Gasteiger partial charge in [-0.2, -0.15) is 9.57 Å². The largest absolute Gasteiger partial charge is 0.338 e. The van der Waals surface area contributed by atoms with Gasteiger partial charge in [-0.25, -0.2) is 22.2 Å². The lowest BCUT2D eigenvalue weighted by Crippen LogP contribution is -2.52. The van der Waals surface area contributed by atoms with Crippen LogP contribution < -0.4 is 11.2 Å². The van der Waals surface area contributed by atoms with Crippen molar-refractivity contribution in [2.75, 3.05) is 26.2 Å². The van der Waals surface area contributed by atoms with Crippen molar-refractivity contribution < 1.29 is 17.6 Å². The lowest BCUT2D eigenvalue weighted by molar-refractivity contribution is -0.133. The second-order valence-corrected chi connectivity index (χ2v) is 8.79. The molecule has 1 amide bonds. The first-order valence-corrected chi connectivity index (χ1v) is 10.9. The summed E-state index contributed by atoms with van der Waals surface area (Å²) in [5.74, 6) is -1.08. The van der Waals surface area contributed by atoms with Crippen molar-refractivity contribution in [2.24, 2.45) is 0 Å². The zero-order valence-electron chi connectivity index (χ0n) is 16.7. The predicted octanol–water partition coefficient (Wildman–Crippen LogP) is -0.426. The number of sulfonamides is 1. The summed E-state index contributed by atoms with van der Waals surface area (Å²) in [6.07, 6.45) is 1.16. The summed E-state index contributed by atoms with van der Waals surface area (Å²) in [6.45, 7) is 1.50. The Morgan fingerprint density at radius 1 is 1.13 bits per heavy atom. The molecule has 0 bridgehead atoms. The van der Waals surface area contributed by atoms with Crippen LogP contribution in [0.3, 0.4) is 0 Å². The molecular formula is C19H20FN5O5S. The third kappa shape index (κ3) is 4.42. The molecule has 3 rings (SSSR count). The molecule has 1 aromatic heterocycles. The number of nitrogens with zero attached hydrogens (tertiary/aromatic N) is 5. The van der Waals surface area contributed by atoms with Crippen LogP contribution in [0.4, 0.5) is 4.39 Å². The maximum absolute atomic E-state index is 13.1. The maximum Gasteiger partial charge on any atom is 0.331 e. The van der Waals surface area contributed by atoms with E-state index in [2.05, 4.69) is 0 Å². The molecule has 0 unspecified atom stereocenters. The van der Waals surface area contributed by atoms with E-state index in [-0.39, 0.29) is 43.2 Å². The summed E-state index contributed by atoms with van der Waals surface area (Å²) in [5.41, 5.74) is -1.79. The van der Waals surface area contributed by atoms with Crippen molar-refractivity contribution >= 4 is 15.9 Å². The minimum atomic E-state index is -3.83. The molecule has 0 N–H and O–H groups in total. The lowest BCUT2D eigenvalue weighted by atomic mass is 10.3. The number of carbonyl (C=O) groups excluding carboxylic acids is 1. The molecule has 1 aliphatic heterocycles. The molecule has 0 spiro atoms.